The smallest absolute Gasteiger partial charge is 0.235 e. The van der Waals surface area contributed by atoms with Gasteiger partial charge in [0.15, 0.2) is 0 Å². The van der Waals surface area contributed by atoms with E-state index >= 15 is 0 Å². The first-order valence-corrected chi connectivity index (χ1v) is 7.21. The van der Waals surface area contributed by atoms with Crippen molar-refractivity contribution >= 4 is 34.8 Å². The molecular formula is C16H12Cl2FNO. The number of benzene rings is 2. The van der Waals surface area contributed by atoms with Crippen molar-refractivity contribution < 1.29 is 9.18 Å². The Kier molecular flexibility index (Phi) is 3.42. The summed E-state index contributed by atoms with van der Waals surface area (Å²) in [6.45, 7) is 1.80. The molecule has 1 aliphatic rings. The van der Waals surface area contributed by atoms with Crippen LogP contribution in [0.25, 0.3) is 0 Å². The molecule has 0 spiro atoms. The summed E-state index contributed by atoms with van der Waals surface area (Å²) in [5.41, 5.74) is 1.37. The highest BCUT2D eigenvalue weighted by Gasteiger charge is 2.42. The quantitative estimate of drug-likeness (QED) is 0.860. The molecule has 2 nitrogen and oxygen atoms in total. The van der Waals surface area contributed by atoms with Crippen LogP contribution in [0.1, 0.15) is 18.1 Å². The Morgan fingerprint density at radius 1 is 1.14 bits per heavy atom. The third-order valence-electron chi connectivity index (χ3n) is 3.87. The van der Waals surface area contributed by atoms with Gasteiger partial charge >= 0.3 is 0 Å². The Labute approximate surface area is 131 Å². The van der Waals surface area contributed by atoms with Gasteiger partial charge in [0.25, 0.3) is 0 Å². The summed E-state index contributed by atoms with van der Waals surface area (Å²) in [4.78, 5) is 12.3. The zero-order valence-electron chi connectivity index (χ0n) is 11.2. The predicted molar refractivity (Wildman–Crippen MR) is 82.5 cm³/mol. The highest BCUT2D eigenvalue weighted by atomic mass is 35.5. The van der Waals surface area contributed by atoms with E-state index in [-0.39, 0.29) is 11.7 Å². The fraction of sp³-hybridized carbons (Fsp3) is 0.188. The first-order chi connectivity index (χ1) is 9.90. The summed E-state index contributed by atoms with van der Waals surface area (Å²) < 4.78 is 13.5. The maximum absolute atomic E-state index is 13.5. The van der Waals surface area contributed by atoms with Gasteiger partial charge in [-0.05, 0) is 54.8 Å². The van der Waals surface area contributed by atoms with E-state index in [1.807, 2.05) is 6.07 Å². The van der Waals surface area contributed by atoms with Crippen LogP contribution >= 0.6 is 23.2 Å². The van der Waals surface area contributed by atoms with E-state index < -0.39 is 5.41 Å². The van der Waals surface area contributed by atoms with Crippen molar-refractivity contribution in [3.05, 3.63) is 63.4 Å². The molecule has 0 saturated carbocycles. The fourth-order valence-corrected chi connectivity index (χ4v) is 3.02. The van der Waals surface area contributed by atoms with E-state index in [0.717, 1.165) is 5.56 Å². The Morgan fingerprint density at radius 2 is 1.90 bits per heavy atom. The number of anilines is 1. The molecule has 2 aromatic rings. The number of halogens is 3. The Morgan fingerprint density at radius 3 is 2.62 bits per heavy atom. The van der Waals surface area contributed by atoms with Crippen molar-refractivity contribution in [2.24, 2.45) is 0 Å². The van der Waals surface area contributed by atoms with Gasteiger partial charge in [-0.3, -0.25) is 4.79 Å². The molecule has 0 aromatic heterocycles. The molecule has 1 heterocycles. The maximum atomic E-state index is 13.5. The van der Waals surface area contributed by atoms with Crippen LogP contribution in [0.15, 0.2) is 36.4 Å². The molecule has 0 saturated heterocycles. The van der Waals surface area contributed by atoms with Crippen molar-refractivity contribution in [3.8, 4) is 0 Å². The highest BCUT2D eigenvalue weighted by Crippen LogP contribution is 2.40. The van der Waals surface area contributed by atoms with E-state index in [2.05, 4.69) is 5.32 Å². The summed E-state index contributed by atoms with van der Waals surface area (Å²) in [5.74, 6) is -0.500. The van der Waals surface area contributed by atoms with Gasteiger partial charge in [0, 0.05) is 5.69 Å². The van der Waals surface area contributed by atoms with Crippen LogP contribution in [-0.4, -0.2) is 5.91 Å². The second kappa shape index (κ2) is 5.00. The summed E-state index contributed by atoms with van der Waals surface area (Å²) in [7, 11) is 0. The number of fused-ring (bicyclic) bond motifs is 1. The summed E-state index contributed by atoms with van der Waals surface area (Å²) in [5, 5.41) is 3.70. The van der Waals surface area contributed by atoms with E-state index in [4.69, 9.17) is 23.2 Å². The molecule has 1 N–H and O–H groups in total. The second-order valence-electron chi connectivity index (χ2n) is 5.40. The van der Waals surface area contributed by atoms with Crippen LogP contribution in [0.4, 0.5) is 10.1 Å². The number of nitrogens with one attached hydrogen (secondary N) is 1. The van der Waals surface area contributed by atoms with Gasteiger partial charge in [-0.2, -0.15) is 0 Å². The van der Waals surface area contributed by atoms with Gasteiger partial charge in [0.2, 0.25) is 5.91 Å². The first-order valence-electron chi connectivity index (χ1n) is 6.45. The second-order valence-corrected chi connectivity index (χ2v) is 6.22. The minimum absolute atomic E-state index is 0.144. The largest absolute Gasteiger partial charge is 0.325 e. The molecule has 2 aromatic carbocycles. The molecule has 0 fully saturated rings. The molecule has 1 amide bonds. The zero-order valence-corrected chi connectivity index (χ0v) is 12.7. The zero-order chi connectivity index (χ0) is 15.2. The monoisotopic (exact) mass is 323 g/mol. The van der Waals surface area contributed by atoms with Gasteiger partial charge in [0.1, 0.15) is 5.82 Å². The Balaban J connectivity index is 2.03. The standard InChI is InChI=1S/C16H12Cl2FNO/c1-16(8-9-2-4-12(17)13(18)6-9)11-7-10(19)3-5-14(11)20-15(16)21/h2-7H,8H2,1H3,(H,20,21). The van der Waals surface area contributed by atoms with E-state index in [0.29, 0.717) is 27.7 Å². The molecular weight excluding hydrogens is 312 g/mol. The van der Waals surface area contributed by atoms with Crippen LogP contribution in [0.3, 0.4) is 0 Å². The molecule has 5 heteroatoms. The number of amides is 1. The summed E-state index contributed by atoms with van der Waals surface area (Å²) >= 11 is 11.9. The number of hydrogen-bond donors (Lipinski definition) is 1. The lowest BCUT2D eigenvalue weighted by atomic mass is 9.78. The topological polar surface area (TPSA) is 29.1 Å². The third-order valence-corrected chi connectivity index (χ3v) is 4.61. The number of carbonyl (C=O) groups excluding carboxylic acids is 1. The molecule has 0 aliphatic carbocycles. The fourth-order valence-electron chi connectivity index (χ4n) is 2.70. The SMILES string of the molecule is CC1(Cc2ccc(Cl)c(Cl)c2)C(=O)Nc2ccc(F)cc21. The number of carbonyl (C=O) groups is 1. The average Bonchev–Trinajstić information content (AvgIpc) is 2.67. The van der Waals surface area contributed by atoms with E-state index in [1.54, 1.807) is 25.1 Å². The molecule has 1 atom stereocenters. The maximum Gasteiger partial charge on any atom is 0.235 e. The molecule has 1 unspecified atom stereocenters. The van der Waals surface area contributed by atoms with Crippen molar-refractivity contribution in [1.82, 2.24) is 0 Å². The lowest BCUT2D eigenvalue weighted by Gasteiger charge is -2.22. The molecule has 21 heavy (non-hydrogen) atoms. The van der Waals surface area contributed by atoms with Crippen molar-refractivity contribution in [2.45, 2.75) is 18.8 Å². The van der Waals surface area contributed by atoms with Gasteiger partial charge < -0.3 is 5.32 Å². The van der Waals surface area contributed by atoms with Gasteiger partial charge in [-0.25, -0.2) is 4.39 Å². The van der Waals surface area contributed by atoms with Crippen LogP contribution in [-0.2, 0) is 16.6 Å². The lowest BCUT2D eigenvalue weighted by molar-refractivity contribution is -0.120. The van der Waals surface area contributed by atoms with Crippen molar-refractivity contribution in [2.75, 3.05) is 5.32 Å². The third kappa shape index (κ3) is 2.41. The molecule has 1 aliphatic heterocycles. The summed E-state index contributed by atoms with van der Waals surface area (Å²) in [6, 6.07) is 9.59. The highest BCUT2D eigenvalue weighted by molar-refractivity contribution is 6.42. The van der Waals surface area contributed by atoms with Gasteiger partial charge in [0.05, 0.1) is 15.5 Å². The van der Waals surface area contributed by atoms with Crippen LogP contribution in [0, 0.1) is 5.82 Å². The van der Waals surface area contributed by atoms with Crippen molar-refractivity contribution in [3.63, 3.8) is 0 Å². The minimum atomic E-state index is -0.825. The average molecular weight is 324 g/mol. The van der Waals surface area contributed by atoms with E-state index in [1.165, 1.54) is 12.1 Å². The summed E-state index contributed by atoms with van der Waals surface area (Å²) in [6.07, 6.45) is 0.423. The molecule has 108 valence electrons. The van der Waals surface area contributed by atoms with Crippen LogP contribution in [0.5, 0.6) is 0 Å². The van der Waals surface area contributed by atoms with Gasteiger partial charge in [-0.15, -0.1) is 0 Å². The minimum Gasteiger partial charge on any atom is -0.325 e. The van der Waals surface area contributed by atoms with Gasteiger partial charge in [-0.1, -0.05) is 29.3 Å². The molecule has 0 bridgehead atoms. The van der Waals surface area contributed by atoms with Crippen LogP contribution in [0.2, 0.25) is 10.0 Å². The number of hydrogen-bond acceptors (Lipinski definition) is 1. The Hall–Kier alpha value is -1.58. The first kappa shape index (κ1) is 14.4. The normalized spacial score (nSPS) is 20.3. The number of rotatable bonds is 2. The Bertz CT molecular complexity index is 747. The van der Waals surface area contributed by atoms with Crippen molar-refractivity contribution in [1.29, 1.82) is 0 Å². The predicted octanol–water partition coefficient (Wildman–Crippen LogP) is 4.59. The lowest BCUT2D eigenvalue weighted by Crippen LogP contribution is -2.33. The molecule has 0 radical (unpaired) electrons. The van der Waals surface area contributed by atoms with E-state index in [9.17, 15) is 9.18 Å². The molecule has 3 rings (SSSR count). The van der Waals surface area contributed by atoms with Crippen LogP contribution < -0.4 is 5.32 Å².